The Bertz CT molecular complexity index is 976. The molecule has 168 valence electrons. The molecule has 1 saturated carbocycles. The maximum absolute atomic E-state index is 13.6. The zero-order valence-corrected chi connectivity index (χ0v) is 18.7. The summed E-state index contributed by atoms with van der Waals surface area (Å²) in [5, 5.41) is 3.25. The average Bonchev–Trinajstić information content (AvgIpc) is 3.61. The SMILES string of the molecule is Cc1ccc(C(=O)N2CCC[C@]3(C(=O)NCC4CC4)CN(c4ncccn4)C[C@@H]3C2)cc1. The molecule has 0 bridgehead atoms. The molecule has 1 aromatic heterocycles. The van der Waals surface area contributed by atoms with E-state index < -0.39 is 5.41 Å². The lowest BCUT2D eigenvalue weighted by Gasteiger charge is -2.32. The van der Waals surface area contributed by atoms with Crippen molar-refractivity contribution < 1.29 is 9.59 Å². The molecule has 3 fully saturated rings. The van der Waals surface area contributed by atoms with Crippen LogP contribution >= 0.6 is 0 Å². The van der Waals surface area contributed by atoms with Gasteiger partial charge in [0, 0.05) is 56.6 Å². The summed E-state index contributed by atoms with van der Waals surface area (Å²) in [6.45, 7) is 5.33. The molecule has 5 rings (SSSR count). The highest BCUT2D eigenvalue weighted by atomic mass is 16.2. The van der Waals surface area contributed by atoms with Gasteiger partial charge >= 0.3 is 0 Å². The maximum atomic E-state index is 13.6. The molecule has 2 aromatic rings. The molecular weight excluding hydrogens is 402 g/mol. The summed E-state index contributed by atoms with van der Waals surface area (Å²) in [6.07, 6.45) is 7.48. The van der Waals surface area contributed by atoms with Crippen LogP contribution in [-0.4, -0.2) is 59.4 Å². The van der Waals surface area contributed by atoms with E-state index in [9.17, 15) is 9.59 Å². The van der Waals surface area contributed by atoms with Crippen molar-refractivity contribution in [2.24, 2.45) is 17.3 Å². The third-order valence-electron chi connectivity index (χ3n) is 7.31. The molecule has 1 aliphatic carbocycles. The molecule has 3 aliphatic rings. The molecule has 7 nitrogen and oxygen atoms in total. The van der Waals surface area contributed by atoms with Gasteiger partial charge in [-0.2, -0.15) is 0 Å². The van der Waals surface area contributed by atoms with Gasteiger partial charge in [-0.05, 0) is 56.7 Å². The molecule has 3 heterocycles. The minimum atomic E-state index is -0.517. The Morgan fingerprint density at radius 3 is 2.59 bits per heavy atom. The number of aryl methyl sites for hydroxylation is 1. The molecule has 0 unspecified atom stereocenters. The van der Waals surface area contributed by atoms with Gasteiger partial charge in [0.2, 0.25) is 11.9 Å². The van der Waals surface area contributed by atoms with Crippen LogP contribution in [-0.2, 0) is 4.79 Å². The molecule has 2 aliphatic heterocycles. The fraction of sp³-hybridized carbons (Fsp3) is 0.520. The van der Waals surface area contributed by atoms with Crippen molar-refractivity contribution in [2.45, 2.75) is 32.6 Å². The third-order valence-corrected chi connectivity index (χ3v) is 7.31. The topological polar surface area (TPSA) is 78.4 Å². The van der Waals surface area contributed by atoms with Crippen LogP contribution in [0.1, 0.15) is 41.6 Å². The monoisotopic (exact) mass is 433 g/mol. The highest BCUT2D eigenvalue weighted by Crippen LogP contribution is 2.44. The number of amides is 2. The predicted octanol–water partition coefficient (Wildman–Crippen LogP) is 2.67. The molecule has 7 heteroatoms. The lowest BCUT2D eigenvalue weighted by atomic mass is 9.74. The highest BCUT2D eigenvalue weighted by Gasteiger charge is 2.54. The summed E-state index contributed by atoms with van der Waals surface area (Å²) in [5.41, 5.74) is 1.33. The lowest BCUT2D eigenvalue weighted by Crippen LogP contribution is -2.48. The second kappa shape index (κ2) is 8.52. The Kier molecular flexibility index (Phi) is 5.57. The van der Waals surface area contributed by atoms with Gasteiger partial charge in [-0.1, -0.05) is 17.7 Å². The number of carbonyl (C=O) groups is 2. The van der Waals surface area contributed by atoms with E-state index in [0.29, 0.717) is 43.6 Å². The normalized spacial score (nSPS) is 25.2. The molecule has 2 saturated heterocycles. The van der Waals surface area contributed by atoms with Crippen LogP contribution in [0.4, 0.5) is 5.95 Å². The van der Waals surface area contributed by atoms with Crippen LogP contribution in [0.5, 0.6) is 0 Å². The number of nitrogens with zero attached hydrogens (tertiary/aromatic N) is 4. The van der Waals surface area contributed by atoms with Gasteiger partial charge < -0.3 is 15.1 Å². The summed E-state index contributed by atoms with van der Waals surface area (Å²) in [6, 6.07) is 9.56. The summed E-state index contributed by atoms with van der Waals surface area (Å²) < 4.78 is 0. The Hall–Kier alpha value is -2.96. The molecule has 0 radical (unpaired) electrons. The van der Waals surface area contributed by atoms with E-state index in [0.717, 1.165) is 24.9 Å². The number of benzene rings is 1. The van der Waals surface area contributed by atoms with Gasteiger partial charge in [0.25, 0.3) is 5.91 Å². The van der Waals surface area contributed by atoms with Gasteiger partial charge in [0.1, 0.15) is 0 Å². The zero-order chi connectivity index (χ0) is 22.1. The van der Waals surface area contributed by atoms with Gasteiger partial charge in [-0.15, -0.1) is 0 Å². The van der Waals surface area contributed by atoms with Crippen LogP contribution in [0, 0.1) is 24.2 Å². The fourth-order valence-electron chi connectivity index (χ4n) is 5.21. The Labute approximate surface area is 189 Å². The number of fused-ring (bicyclic) bond motifs is 1. The van der Waals surface area contributed by atoms with E-state index in [4.69, 9.17) is 0 Å². The van der Waals surface area contributed by atoms with Crippen LogP contribution in [0.3, 0.4) is 0 Å². The third kappa shape index (κ3) is 4.08. The number of anilines is 1. The quantitative estimate of drug-likeness (QED) is 0.784. The number of hydrogen-bond donors (Lipinski definition) is 1. The predicted molar refractivity (Wildman–Crippen MR) is 122 cm³/mol. The van der Waals surface area contributed by atoms with E-state index in [1.165, 1.54) is 12.8 Å². The fourth-order valence-corrected chi connectivity index (χ4v) is 5.21. The van der Waals surface area contributed by atoms with E-state index >= 15 is 0 Å². The highest BCUT2D eigenvalue weighted by molar-refractivity contribution is 5.94. The number of rotatable bonds is 5. The van der Waals surface area contributed by atoms with Crippen molar-refractivity contribution in [2.75, 3.05) is 37.6 Å². The number of hydrogen-bond acceptors (Lipinski definition) is 5. The smallest absolute Gasteiger partial charge is 0.253 e. The first kappa shape index (κ1) is 20.9. The molecule has 1 N–H and O–H groups in total. The Morgan fingerprint density at radius 2 is 1.88 bits per heavy atom. The van der Waals surface area contributed by atoms with Gasteiger partial charge in [0.05, 0.1) is 5.41 Å². The van der Waals surface area contributed by atoms with Crippen LogP contribution in [0.2, 0.25) is 0 Å². The number of carbonyl (C=O) groups excluding carboxylic acids is 2. The second-order valence-corrected chi connectivity index (χ2v) is 9.66. The van der Waals surface area contributed by atoms with Gasteiger partial charge in [-0.3, -0.25) is 9.59 Å². The largest absolute Gasteiger partial charge is 0.355 e. The van der Waals surface area contributed by atoms with E-state index in [2.05, 4.69) is 20.2 Å². The first-order valence-electron chi connectivity index (χ1n) is 11.7. The van der Waals surface area contributed by atoms with Gasteiger partial charge in [-0.25, -0.2) is 9.97 Å². The number of nitrogens with one attached hydrogen (secondary N) is 1. The van der Waals surface area contributed by atoms with Crippen molar-refractivity contribution in [3.63, 3.8) is 0 Å². The molecular formula is C25H31N5O2. The summed E-state index contributed by atoms with van der Waals surface area (Å²) in [4.78, 5) is 39.8. The minimum absolute atomic E-state index is 0.0439. The second-order valence-electron chi connectivity index (χ2n) is 9.66. The Balaban J connectivity index is 1.40. The number of likely N-dealkylation sites (tertiary alicyclic amines) is 1. The maximum Gasteiger partial charge on any atom is 0.253 e. The van der Waals surface area contributed by atoms with Crippen LogP contribution < -0.4 is 10.2 Å². The van der Waals surface area contributed by atoms with Crippen molar-refractivity contribution in [1.82, 2.24) is 20.2 Å². The van der Waals surface area contributed by atoms with E-state index in [1.807, 2.05) is 36.1 Å². The Morgan fingerprint density at radius 1 is 1.12 bits per heavy atom. The van der Waals surface area contributed by atoms with Crippen molar-refractivity contribution in [3.05, 3.63) is 53.9 Å². The number of aromatic nitrogens is 2. The van der Waals surface area contributed by atoms with Gasteiger partial charge in [0.15, 0.2) is 0 Å². The van der Waals surface area contributed by atoms with Crippen molar-refractivity contribution in [3.8, 4) is 0 Å². The van der Waals surface area contributed by atoms with Crippen molar-refractivity contribution in [1.29, 1.82) is 0 Å². The van der Waals surface area contributed by atoms with Crippen LogP contribution in [0.15, 0.2) is 42.7 Å². The molecule has 1 aromatic carbocycles. The molecule has 2 amide bonds. The standard InChI is InChI=1S/C25H31N5O2/c1-18-4-8-20(9-5-18)22(31)29-13-2-10-25(23(32)28-14-19-6-7-19)17-30(16-21(25)15-29)24-26-11-3-12-27-24/h3-5,8-9,11-12,19,21H,2,6-7,10,13-17H2,1H3,(H,28,32)/t21-,25-/m0/s1. The summed E-state index contributed by atoms with van der Waals surface area (Å²) >= 11 is 0. The molecule has 2 atom stereocenters. The van der Waals surface area contributed by atoms with Crippen molar-refractivity contribution >= 4 is 17.8 Å². The first-order valence-corrected chi connectivity index (χ1v) is 11.7. The average molecular weight is 434 g/mol. The van der Waals surface area contributed by atoms with Crippen LogP contribution in [0.25, 0.3) is 0 Å². The van der Waals surface area contributed by atoms with E-state index in [-0.39, 0.29) is 17.7 Å². The van der Waals surface area contributed by atoms with E-state index in [1.54, 1.807) is 18.5 Å². The minimum Gasteiger partial charge on any atom is -0.355 e. The molecule has 0 spiro atoms. The zero-order valence-electron chi connectivity index (χ0n) is 18.7. The summed E-state index contributed by atoms with van der Waals surface area (Å²) in [7, 11) is 0. The first-order chi connectivity index (χ1) is 15.5. The lowest BCUT2D eigenvalue weighted by molar-refractivity contribution is -0.132. The summed E-state index contributed by atoms with van der Waals surface area (Å²) in [5.74, 6) is 1.52. The molecule has 32 heavy (non-hydrogen) atoms.